The van der Waals surface area contributed by atoms with E-state index in [1.54, 1.807) is 54.3 Å². The molecular formula is C20H15FN4O3. The number of H-pyrrole nitrogens is 1. The first kappa shape index (κ1) is 17.5. The van der Waals surface area contributed by atoms with Gasteiger partial charge in [0.15, 0.2) is 5.58 Å². The first-order chi connectivity index (χ1) is 13.5. The number of carbonyl (C=O) groups is 1. The summed E-state index contributed by atoms with van der Waals surface area (Å²) >= 11 is 0. The second kappa shape index (κ2) is 6.99. The van der Waals surface area contributed by atoms with Crippen molar-refractivity contribution in [3.63, 3.8) is 0 Å². The predicted octanol–water partition coefficient (Wildman–Crippen LogP) is 3.31. The number of carbonyl (C=O) groups excluding carboxylic acids is 1. The maximum absolute atomic E-state index is 13.2. The van der Waals surface area contributed by atoms with Gasteiger partial charge in [0.2, 0.25) is 5.91 Å². The van der Waals surface area contributed by atoms with Crippen molar-refractivity contribution in [2.45, 2.75) is 0 Å². The van der Waals surface area contributed by atoms with Gasteiger partial charge >= 0.3 is 5.76 Å². The van der Waals surface area contributed by atoms with Gasteiger partial charge in [0.25, 0.3) is 0 Å². The van der Waals surface area contributed by atoms with Crippen LogP contribution in [-0.2, 0) is 11.8 Å². The lowest BCUT2D eigenvalue weighted by Gasteiger charge is -2.04. The second-order valence-corrected chi connectivity index (χ2v) is 6.13. The number of benzene rings is 2. The summed E-state index contributed by atoms with van der Waals surface area (Å²) in [5.41, 5.74) is 3.68. The normalized spacial score (nSPS) is 11.4. The number of halogens is 1. The van der Waals surface area contributed by atoms with Crippen molar-refractivity contribution in [3.8, 4) is 11.3 Å². The Morgan fingerprint density at radius 2 is 2.04 bits per heavy atom. The van der Waals surface area contributed by atoms with Crippen LogP contribution in [-0.4, -0.2) is 20.7 Å². The number of hydrogen-bond donors (Lipinski definition) is 2. The quantitative estimate of drug-likeness (QED) is 0.533. The molecule has 2 N–H and O–H groups in total. The van der Waals surface area contributed by atoms with Crippen LogP contribution in [0.15, 0.2) is 63.9 Å². The summed E-state index contributed by atoms with van der Waals surface area (Å²) in [5.74, 6) is -1.23. The molecule has 0 saturated carbocycles. The Balaban J connectivity index is 1.54. The fraction of sp³-hybridized carbons (Fsp3) is 0.0500. The van der Waals surface area contributed by atoms with Gasteiger partial charge in [-0.15, -0.1) is 0 Å². The van der Waals surface area contributed by atoms with Crippen molar-refractivity contribution >= 4 is 28.8 Å². The molecule has 140 valence electrons. The number of aryl methyl sites for hydroxylation is 1. The molecule has 8 heteroatoms. The second-order valence-electron chi connectivity index (χ2n) is 6.13. The summed E-state index contributed by atoms with van der Waals surface area (Å²) in [5, 5.41) is 6.92. The average Bonchev–Trinajstić information content (AvgIpc) is 3.22. The van der Waals surface area contributed by atoms with Crippen molar-refractivity contribution < 1.29 is 13.6 Å². The monoisotopic (exact) mass is 378 g/mol. The first-order valence-electron chi connectivity index (χ1n) is 8.39. The van der Waals surface area contributed by atoms with E-state index in [4.69, 9.17) is 4.42 Å². The number of hydrogen-bond acceptors (Lipinski definition) is 4. The van der Waals surface area contributed by atoms with Crippen molar-refractivity contribution in [3.05, 3.63) is 76.7 Å². The van der Waals surface area contributed by atoms with Crippen LogP contribution >= 0.6 is 0 Å². The summed E-state index contributed by atoms with van der Waals surface area (Å²) < 4.78 is 19.8. The Labute approximate surface area is 158 Å². The predicted molar refractivity (Wildman–Crippen MR) is 103 cm³/mol. The van der Waals surface area contributed by atoms with Gasteiger partial charge in [0, 0.05) is 36.0 Å². The molecule has 0 aliphatic rings. The fourth-order valence-electron chi connectivity index (χ4n) is 2.91. The van der Waals surface area contributed by atoms with Gasteiger partial charge < -0.3 is 9.73 Å². The molecule has 0 spiro atoms. The number of oxazole rings is 1. The zero-order chi connectivity index (χ0) is 19.7. The lowest BCUT2D eigenvalue weighted by Crippen LogP contribution is -2.07. The molecule has 2 aromatic carbocycles. The summed E-state index contributed by atoms with van der Waals surface area (Å²) in [6.07, 6.45) is 4.64. The van der Waals surface area contributed by atoms with Crippen LogP contribution in [0.2, 0.25) is 0 Å². The van der Waals surface area contributed by atoms with Crippen LogP contribution in [0.1, 0.15) is 5.56 Å². The maximum atomic E-state index is 13.2. The van der Waals surface area contributed by atoms with Crippen LogP contribution in [0.25, 0.3) is 28.4 Å². The third kappa shape index (κ3) is 3.48. The first-order valence-corrected chi connectivity index (χ1v) is 8.39. The van der Waals surface area contributed by atoms with Gasteiger partial charge in [-0.1, -0.05) is 0 Å². The molecule has 0 unspecified atom stereocenters. The van der Waals surface area contributed by atoms with Crippen molar-refractivity contribution in [2.24, 2.45) is 7.05 Å². The van der Waals surface area contributed by atoms with E-state index in [9.17, 15) is 14.0 Å². The standard InChI is InChI=1S/C20H15FN4O3/c1-25-19(12-2-5-14(21)6-3-12)13(11-22-25)4-9-18(26)23-15-7-8-16-17(10-15)28-20(27)24-16/h2-11H,1H3,(H,23,26)(H,24,27)/b9-4+. The van der Waals surface area contributed by atoms with E-state index in [1.165, 1.54) is 18.2 Å². The van der Waals surface area contributed by atoms with E-state index < -0.39 is 5.76 Å². The van der Waals surface area contributed by atoms with E-state index in [0.717, 1.165) is 16.8 Å². The molecule has 0 bridgehead atoms. The number of aromatic nitrogens is 3. The molecule has 0 fully saturated rings. The largest absolute Gasteiger partial charge is 0.417 e. The summed E-state index contributed by atoms with van der Waals surface area (Å²) in [7, 11) is 1.77. The van der Waals surface area contributed by atoms with E-state index in [0.29, 0.717) is 16.8 Å². The third-order valence-electron chi connectivity index (χ3n) is 4.19. The molecule has 0 saturated heterocycles. The lowest BCUT2D eigenvalue weighted by atomic mass is 10.1. The number of rotatable bonds is 4. The third-order valence-corrected chi connectivity index (χ3v) is 4.19. The van der Waals surface area contributed by atoms with Crippen LogP contribution in [0.4, 0.5) is 10.1 Å². The molecule has 1 amide bonds. The molecule has 0 aliphatic heterocycles. The fourth-order valence-corrected chi connectivity index (χ4v) is 2.91. The molecular weight excluding hydrogens is 363 g/mol. The van der Waals surface area contributed by atoms with Gasteiger partial charge in [0.1, 0.15) is 5.82 Å². The van der Waals surface area contributed by atoms with Gasteiger partial charge in [-0.2, -0.15) is 5.10 Å². The van der Waals surface area contributed by atoms with E-state index >= 15 is 0 Å². The topological polar surface area (TPSA) is 92.9 Å². The molecule has 7 nitrogen and oxygen atoms in total. The molecule has 4 aromatic rings. The van der Waals surface area contributed by atoms with Crippen molar-refractivity contribution in [1.29, 1.82) is 0 Å². The minimum atomic E-state index is -0.553. The summed E-state index contributed by atoms with van der Waals surface area (Å²) in [6, 6.07) is 10.9. The molecule has 0 atom stereocenters. The summed E-state index contributed by atoms with van der Waals surface area (Å²) in [4.78, 5) is 26.0. The Hall–Kier alpha value is -3.94. The van der Waals surface area contributed by atoms with E-state index in [2.05, 4.69) is 15.4 Å². The summed E-state index contributed by atoms with van der Waals surface area (Å²) in [6.45, 7) is 0. The number of nitrogens with one attached hydrogen (secondary N) is 2. The molecule has 0 aliphatic carbocycles. The van der Waals surface area contributed by atoms with Crippen LogP contribution in [0.3, 0.4) is 0 Å². The zero-order valence-electron chi connectivity index (χ0n) is 14.8. The van der Waals surface area contributed by atoms with Gasteiger partial charge in [-0.3, -0.25) is 14.5 Å². The Bertz CT molecular complexity index is 1250. The number of anilines is 1. The molecule has 2 heterocycles. The molecule has 0 radical (unpaired) electrons. The lowest BCUT2D eigenvalue weighted by molar-refractivity contribution is -0.111. The zero-order valence-corrected chi connectivity index (χ0v) is 14.8. The van der Waals surface area contributed by atoms with Crippen molar-refractivity contribution in [1.82, 2.24) is 14.8 Å². The highest BCUT2D eigenvalue weighted by atomic mass is 19.1. The van der Waals surface area contributed by atoms with Crippen LogP contribution < -0.4 is 11.1 Å². The molecule has 2 aromatic heterocycles. The Morgan fingerprint density at radius 1 is 1.25 bits per heavy atom. The highest BCUT2D eigenvalue weighted by Crippen LogP contribution is 2.24. The number of amides is 1. The minimum Gasteiger partial charge on any atom is -0.408 e. The number of fused-ring (bicyclic) bond motifs is 1. The minimum absolute atomic E-state index is 0.322. The highest BCUT2D eigenvalue weighted by Gasteiger charge is 2.10. The molecule has 4 rings (SSSR count). The van der Waals surface area contributed by atoms with Crippen molar-refractivity contribution in [2.75, 3.05) is 5.32 Å². The highest BCUT2D eigenvalue weighted by molar-refractivity contribution is 6.03. The Morgan fingerprint density at radius 3 is 2.82 bits per heavy atom. The smallest absolute Gasteiger partial charge is 0.408 e. The van der Waals surface area contributed by atoms with Gasteiger partial charge in [-0.05, 0) is 42.5 Å². The van der Waals surface area contributed by atoms with Gasteiger partial charge in [-0.25, -0.2) is 9.18 Å². The van der Waals surface area contributed by atoms with E-state index in [-0.39, 0.29) is 11.7 Å². The van der Waals surface area contributed by atoms with Crippen LogP contribution in [0, 0.1) is 5.82 Å². The number of nitrogens with zero attached hydrogens (tertiary/aromatic N) is 2. The Kier molecular flexibility index (Phi) is 4.36. The number of aromatic amines is 1. The van der Waals surface area contributed by atoms with Gasteiger partial charge in [0.05, 0.1) is 17.4 Å². The average molecular weight is 378 g/mol. The van der Waals surface area contributed by atoms with E-state index in [1.807, 2.05) is 0 Å². The molecule has 28 heavy (non-hydrogen) atoms. The SMILES string of the molecule is Cn1ncc(/C=C/C(=O)Nc2ccc3[nH]c(=O)oc3c2)c1-c1ccc(F)cc1. The maximum Gasteiger partial charge on any atom is 0.417 e. The van der Waals surface area contributed by atoms with Crippen LogP contribution in [0.5, 0.6) is 0 Å².